The normalized spacial score (nSPS) is 14.7. The summed E-state index contributed by atoms with van der Waals surface area (Å²) in [5.41, 5.74) is 6.17. The fourth-order valence-electron chi connectivity index (χ4n) is 3.15. The van der Waals surface area contributed by atoms with E-state index in [1.165, 1.54) is 22.3 Å². The molecule has 0 bridgehead atoms. The molecule has 3 rings (SSSR count). The standard InChI is InChI=1S/C24H25BrO/c1-3-19-14-21(16-22(25)15-19)23-13-9-4-6-10-18(2)24(23)26-17-20-11-7-5-8-12-20/h4-5,7-9,11-16H,3,6,10,17H2,1-2H3. The van der Waals surface area contributed by atoms with Crippen LogP contribution in [0.2, 0.25) is 0 Å². The predicted octanol–water partition coefficient (Wildman–Crippen LogP) is 7.24. The number of benzene rings is 2. The molecule has 0 unspecified atom stereocenters. The minimum absolute atomic E-state index is 0.587. The molecule has 1 aliphatic rings. The van der Waals surface area contributed by atoms with Crippen molar-refractivity contribution >= 4 is 21.5 Å². The fourth-order valence-corrected chi connectivity index (χ4v) is 3.69. The minimum Gasteiger partial charge on any atom is -0.488 e. The molecule has 134 valence electrons. The van der Waals surface area contributed by atoms with Crippen LogP contribution in [0.5, 0.6) is 0 Å². The van der Waals surface area contributed by atoms with Crippen LogP contribution in [0.4, 0.5) is 0 Å². The number of hydrogen-bond donors (Lipinski definition) is 0. The Kier molecular flexibility index (Phi) is 6.51. The summed E-state index contributed by atoms with van der Waals surface area (Å²) in [7, 11) is 0. The predicted molar refractivity (Wildman–Crippen MR) is 114 cm³/mol. The Bertz CT molecular complexity index is 844. The summed E-state index contributed by atoms with van der Waals surface area (Å²) in [4.78, 5) is 0. The van der Waals surface area contributed by atoms with E-state index in [1.54, 1.807) is 0 Å². The molecule has 0 fully saturated rings. The average Bonchev–Trinajstić information content (AvgIpc) is 2.64. The molecule has 2 heteroatoms. The topological polar surface area (TPSA) is 9.23 Å². The van der Waals surface area contributed by atoms with E-state index in [2.05, 4.69) is 90.5 Å². The third-order valence-corrected chi connectivity index (χ3v) is 5.08. The SMILES string of the molecule is CCc1cc(Br)cc(C2=CC=CCCC(C)=C2OCc2ccccc2)c1. The van der Waals surface area contributed by atoms with Gasteiger partial charge in [0.25, 0.3) is 0 Å². The Hall–Kier alpha value is -2.06. The second-order valence-electron chi connectivity index (χ2n) is 6.63. The molecule has 1 nitrogen and oxygen atoms in total. The Morgan fingerprint density at radius 3 is 2.62 bits per heavy atom. The summed E-state index contributed by atoms with van der Waals surface area (Å²) >= 11 is 3.66. The van der Waals surface area contributed by atoms with Crippen molar-refractivity contribution in [3.63, 3.8) is 0 Å². The molecule has 0 radical (unpaired) electrons. The van der Waals surface area contributed by atoms with E-state index in [4.69, 9.17) is 4.74 Å². The first-order valence-corrected chi connectivity index (χ1v) is 10.00. The molecule has 0 aromatic heterocycles. The van der Waals surface area contributed by atoms with Gasteiger partial charge >= 0.3 is 0 Å². The van der Waals surface area contributed by atoms with Crippen molar-refractivity contribution in [2.24, 2.45) is 0 Å². The van der Waals surface area contributed by atoms with E-state index in [0.717, 1.165) is 35.1 Å². The fraction of sp³-hybridized carbons (Fsp3) is 0.250. The van der Waals surface area contributed by atoms with Gasteiger partial charge in [0.2, 0.25) is 0 Å². The third-order valence-electron chi connectivity index (χ3n) is 4.62. The van der Waals surface area contributed by atoms with Crippen LogP contribution < -0.4 is 0 Å². The lowest BCUT2D eigenvalue weighted by Crippen LogP contribution is -2.02. The summed E-state index contributed by atoms with van der Waals surface area (Å²) in [6.07, 6.45) is 9.65. The molecule has 2 aromatic rings. The Labute approximate surface area is 165 Å². The highest BCUT2D eigenvalue weighted by Crippen LogP contribution is 2.33. The van der Waals surface area contributed by atoms with Crippen LogP contribution in [0.15, 0.2) is 82.6 Å². The summed E-state index contributed by atoms with van der Waals surface area (Å²) in [6.45, 7) is 4.96. The smallest absolute Gasteiger partial charge is 0.126 e. The maximum atomic E-state index is 6.36. The third kappa shape index (κ3) is 4.76. The number of halogens is 1. The van der Waals surface area contributed by atoms with Crippen molar-refractivity contribution in [3.8, 4) is 0 Å². The number of hydrogen-bond acceptors (Lipinski definition) is 1. The van der Waals surface area contributed by atoms with Gasteiger partial charge in [0.05, 0.1) is 0 Å². The quantitative estimate of drug-likeness (QED) is 0.506. The number of allylic oxidation sites excluding steroid dienone is 5. The maximum Gasteiger partial charge on any atom is 0.126 e. The first kappa shape index (κ1) is 18.7. The Morgan fingerprint density at radius 1 is 1.04 bits per heavy atom. The summed E-state index contributed by atoms with van der Waals surface area (Å²) < 4.78 is 7.47. The first-order valence-electron chi connectivity index (χ1n) is 9.21. The first-order chi connectivity index (χ1) is 12.7. The highest BCUT2D eigenvalue weighted by Gasteiger charge is 2.15. The van der Waals surface area contributed by atoms with Crippen LogP contribution >= 0.6 is 15.9 Å². The summed E-state index contributed by atoms with van der Waals surface area (Å²) in [6, 6.07) is 17.0. The lowest BCUT2D eigenvalue weighted by Gasteiger charge is -2.19. The molecular weight excluding hydrogens is 384 g/mol. The van der Waals surface area contributed by atoms with Gasteiger partial charge in [0.1, 0.15) is 12.4 Å². The molecule has 1 aliphatic carbocycles. The zero-order valence-electron chi connectivity index (χ0n) is 15.5. The van der Waals surface area contributed by atoms with Gasteiger partial charge in [-0.15, -0.1) is 0 Å². The Balaban J connectivity index is 1.98. The maximum absolute atomic E-state index is 6.36. The molecule has 0 heterocycles. The second kappa shape index (κ2) is 9.05. The lowest BCUT2D eigenvalue weighted by molar-refractivity contribution is 0.210. The van der Waals surface area contributed by atoms with E-state index in [9.17, 15) is 0 Å². The van der Waals surface area contributed by atoms with E-state index >= 15 is 0 Å². The van der Waals surface area contributed by atoms with E-state index < -0.39 is 0 Å². The van der Waals surface area contributed by atoms with Gasteiger partial charge in [-0.2, -0.15) is 0 Å². The van der Waals surface area contributed by atoms with Crippen molar-refractivity contribution in [3.05, 3.63) is 99.3 Å². The largest absolute Gasteiger partial charge is 0.488 e. The molecule has 0 spiro atoms. The highest BCUT2D eigenvalue weighted by molar-refractivity contribution is 9.10. The van der Waals surface area contributed by atoms with E-state index in [-0.39, 0.29) is 0 Å². The molecule has 0 aliphatic heterocycles. The zero-order chi connectivity index (χ0) is 18.4. The lowest BCUT2D eigenvalue weighted by atomic mass is 9.95. The minimum atomic E-state index is 0.587. The Morgan fingerprint density at radius 2 is 1.85 bits per heavy atom. The van der Waals surface area contributed by atoms with Crippen molar-refractivity contribution in [1.29, 1.82) is 0 Å². The van der Waals surface area contributed by atoms with Crippen LogP contribution in [0.25, 0.3) is 5.57 Å². The van der Waals surface area contributed by atoms with Crippen molar-refractivity contribution in [2.75, 3.05) is 0 Å². The van der Waals surface area contributed by atoms with Gasteiger partial charge in [0.15, 0.2) is 0 Å². The van der Waals surface area contributed by atoms with Gasteiger partial charge in [-0.05, 0) is 60.6 Å². The highest BCUT2D eigenvalue weighted by atomic mass is 79.9. The zero-order valence-corrected chi connectivity index (χ0v) is 17.1. The number of rotatable bonds is 5. The number of aryl methyl sites for hydroxylation is 1. The van der Waals surface area contributed by atoms with Gasteiger partial charge in [-0.25, -0.2) is 0 Å². The average molecular weight is 409 g/mol. The van der Waals surface area contributed by atoms with Gasteiger partial charge < -0.3 is 4.74 Å². The molecule has 2 aromatic carbocycles. The van der Waals surface area contributed by atoms with Crippen molar-refractivity contribution < 1.29 is 4.74 Å². The number of ether oxygens (including phenoxy) is 1. The molecule has 0 saturated carbocycles. The van der Waals surface area contributed by atoms with Crippen LogP contribution in [0, 0.1) is 0 Å². The monoisotopic (exact) mass is 408 g/mol. The molecule has 0 atom stereocenters. The van der Waals surface area contributed by atoms with E-state index in [0.29, 0.717) is 6.61 Å². The van der Waals surface area contributed by atoms with Crippen LogP contribution in [0.3, 0.4) is 0 Å². The molecule has 26 heavy (non-hydrogen) atoms. The molecule has 0 saturated heterocycles. The van der Waals surface area contributed by atoms with Gasteiger partial charge in [-0.1, -0.05) is 77.5 Å². The van der Waals surface area contributed by atoms with E-state index in [1.807, 2.05) is 6.07 Å². The van der Waals surface area contributed by atoms with Gasteiger partial charge in [-0.3, -0.25) is 0 Å². The summed E-state index contributed by atoms with van der Waals surface area (Å²) in [5.74, 6) is 1.01. The molecule has 0 N–H and O–H groups in total. The van der Waals surface area contributed by atoms with Crippen LogP contribution in [0.1, 0.15) is 43.4 Å². The van der Waals surface area contributed by atoms with Crippen molar-refractivity contribution in [2.45, 2.75) is 39.7 Å². The molecular formula is C24H25BrO. The van der Waals surface area contributed by atoms with Crippen LogP contribution in [-0.4, -0.2) is 0 Å². The molecule has 0 amide bonds. The van der Waals surface area contributed by atoms with Crippen molar-refractivity contribution in [1.82, 2.24) is 0 Å². The van der Waals surface area contributed by atoms with Crippen LogP contribution in [-0.2, 0) is 17.8 Å². The second-order valence-corrected chi connectivity index (χ2v) is 7.55. The summed E-state index contributed by atoms with van der Waals surface area (Å²) in [5, 5.41) is 0. The van der Waals surface area contributed by atoms with Gasteiger partial charge in [0, 0.05) is 10.0 Å².